The Bertz CT molecular complexity index is 774. The third-order valence-electron chi connectivity index (χ3n) is 4.09. The SMILES string of the molecule is CCNC(=NCc1ccc(NC(=O)C(C)C)cc1)NCCc1ncc(CC)s1.I. The van der Waals surface area contributed by atoms with Gasteiger partial charge in [-0.2, -0.15) is 0 Å². The number of thiazole rings is 1. The monoisotopic (exact) mass is 529 g/mol. The van der Waals surface area contributed by atoms with Crippen molar-refractivity contribution < 1.29 is 4.79 Å². The van der Waals surface area contributed by atoms with E-state index in [4.69, 9.17) is 0 Å². The van der Waals surface area contributed by atoms with Crippen molar-refractivity contribution in [3.05, 3.63) is 45.9 Å². The number of aromatic nitrogens is 1. The average molecular weight is 529 g/mol. The molecule has 0 saturated heterocycles. The smallest absolute Gasteiger partial charge is 0.226 e. The van der Waals surface area contributed by atoms with E-state index in [1.807, 2.05) is 44.3 Å². The van der Waals surface area contributed by atoms with Gasteiger partial charge in [-0.15, -0.1) is 35.3 Å². The van der Waals surface area contributed by atoms with Crippen LogP contribution in [0.5, 0.6) is 0 Å². The Morgan fingerprint density at radius 2 is 1.90 bits per heavy atom. The minimum Gasteiger partial charge on any atom is -0.357 e. The molecule has 29 heavy (non-hydrogen) atoms. The van der Waals surface area contributed by atoms with Gasteiger partial charge < -0.3 is 16.0 Å². The lowest BCUT2D eigenvalue weighted by atomic mass is 10.2. The van der Waals surface area contributed by atoms with Crippen LogP contribution in [-0.2, 0) is 24.2 Å². The van der Waals surface area contributed by atoms with Crippen molar-refractivity contribution in [1.82, 2.24) is 15.6 Å². The zero-order chi connectivity index (χ0) is 20.4. The number of anilines is 1. The summed E-state index contributed by atoms with van der Waals surface area (Å²) in [7, 11) is 0. The predicted molar refractivity (Wildman–Crippen MR) is 133 cm³/mol. The highest BCUT2D eigenvalue weighted by Gasteiger charge is 2.07. The van der Waals surface area contributed by atoms with E-state index in [0.29, 0.717) is 6.54 Å². The number of hydrogen-bond acceptors (Lipinski definition) is 4. The summed E-state index contributed by atoms with van der Waals surface area (Å²) in [4.78, 5) is 22.2. The standard InChI is InChI=1S/C21H31N5OS.HI/c1-5-18-14-24-19(28-18)11-12-23-21(22-6-2)25-13-16-7-9-17(10-8-16)26-20(27)15(3)4;/h7-10,14-15H,5-6,11-13H2,1-4H3,(H,26,27)(H2,22,23,25);1H. The Labute approximate surface area is 195 Å². The second-order valence-electron chi connectivity index (χ2n) is 6.79. The second kappa shape index (κ2) is 13.5. The number of carbonyl (C=O) groups is 1. The van der Waals surface area contributed by atoms with E-state index in [1.54, 1.807) is 11.3 Å². The fourth-order valence-corrected chi connectivity index (χ4v) is 3.27. The molecule has 0 aliphatic rings. The predicted octanol–water partition coefficient (Wildman–Crippen LogP) is 4.22. The maximum absolute atomic E-state index is 11.8. The molecule has 3 N–H and O–H groups in total. The van der Waals surface area contributed by atoms with E-state index >= 15 is 0 Å². The Morgan fingerprint density at radius 3 is 2.48 bits per heavy atom. The lowest BCUT2D eigenvalue weighted by Crippen LogP contribution is -2.38. The van der Waals surface area contributed by atoms with Crippen LogP contribution in [0.4, 0.5) is 5.69 Å². The molecule has 0 atom stereocenters. The normalized spacial score (nSPS) is 11.1. The summed E-state index contributed by atoms with van der Waals surface area (Å²) in [6.45, 7) is 10.1. The molecular weight excluding hydrogens is 497 g/mol. The highest BCUT2D eigenvalue weighted by atomic mass is 127. The summed E-state index contributed by atoms with van der Waals surface area (Å²) in [6.07, 6.45) is 3.89. The largest absolute Gasteiger partial charge is 0.357 e. The zero-order valence-corrected chi connectivity index (χ0v) is 20.8. The quantitative estimate of drug-likeness (QED) is 0.258. The summed E-state index contributed by atoms with van der Waals surface area (Å²) < 4.78 is 0. The number of amides is 1. The molecule has 2 aromatic rings. The summed E-state index contributed by atoms with van der Waals surface area (Å²) in [5.41, 5.74) is 1.90. The van der Waals surface area contributed by atoms with Gasteiger partial charge in [-0.3, -0.25) is 4.79 Å². The number of hydrogen-bond donors (Lipinski definition) is 3. The molecule has 0 unspecified atom stereocenters. The Kier molecular flexibility index (Phi) is 11.8. The van der Waals surface area contributed by atoms with E-state index in [9.17, 15) is 4.79 Å². The van der Waals surface area contributed by atoms with Gasteiger partial charge in [0.05, 0.1) is 11.6 Å². The molecule has 0 fully saturated rings. The number of benzene rings is 1. The van der Waals surface area contributed by atoms with Crippen molar-refractivity contribution in [2.24, 2.45) is 10.9 Å². The van der Waals surface area contributed by atoms with Crippen LogP contribution in [0.25, 0.3) is 0 Å². The van der Waals surface area contributed by atoms with E-state index in [1.165, 1.54) is 4.88 Å². The number of nitrogens with one attached hydrogen (secondary N) is 3. The van der Waals surface area contributed by atoms with Crippen LogP contribution in [0, 0.1) is 5.92 Å². The number of halogens is 1. The average Bonchev–Trinajstić information content (AvgIpc) is 3.15. The fraction of sp³-hybridized carbons (Fsp3) is 0.476. The number of nitrogens with zero attached hydrogens (tertiary/aromatic N) is 2. The highest BCUT2D eigenvalue weighted by Crippen LogP contribution is 2.13. The summed E-state index contributed by atoms with van der Waals surface area (Å²) in [5.74, 6) is 0.790. The van der Waals surface area contributed by atoms with Gasteiger partial charge in [-0.1, -0.05) is 32.9 Å². The molecular formula is C21H32IN5OS. The van der Waals surface area contributed by atoms with Crippen LogP contribution in [0.1, 0.15) is 43.1 Å². The van der Waals surface area contributed by atoms with Gasteiger partial charge in [0.25, 0.3) is 0 Å². The van der Waals surface area contributed by atoms with Gasteiger partial charge in [-0.25, -0.2) is 9.98 Å². The lowest BCUT2D eigenvalue weighted by molar-refractivity contribution is -0.118. The summed E-state index contributed by atoms with van der Waals surface area (Å²) >= 11 is 1.77. The minimum absolute atomic E-state index is 0. The van der Waals surface area contributed by atoms with Crippen LogP contribution in [0.2, 0.25) is 0 Å². The van der Waals surface area contributed by atoms with Crippen molar-refractivity contribution in [2.45, 2.75) is 47.1 Å². The third-order valence-corrected chi connectivity index (χ3v) is 5.29. The van der Waals surface area contributed by atoms with Crippen LogP contribution in [0.3, 0.4) is 0 Å². The molecule has 0 bridgehead atoms. The lowest BCUT2D eigenvalue weighted by Gasteiger charge is -2.11. The Morgan fingerprint density at radius 1 is 1.17 bits per heavy atom. The fourth-order valence-electron chi connectivity index (χ4n) is 2.41. The molecule has 1 aromatic carbocycles. The molecule has 6 nitrogen and oxygen atoms in total. The first kappa shape index (κ1) is 25.4. The molecule has 160 valence electrons. The number of aliphatic imine (C=N–C) groups is 1. The molecule has 0 aliphatic heterocycles. The Balaban J connectivity index is 0.00000420. The van der Waals surface area contributed by atoms with Crippen molar-refractivity contribution in [2.75, 3.05) is 18.4 Å². The van der Waals surface area contributed by atoms with Gasteiger partial charge in [0, 0.05) is 42.2 Å². The van der Waals surface area contributed by atoms with Crippen molar-refractivity contribution in [3.63, 3.8) is 0 Å². The van der Waals surface area contributed by atoms with E-state index in [-0.39, 0.29) is 35.8 Å². The van der Waals surface area contributed by atoms with Crippen LogP contribution in [0.15, 0.2) is 35.5 Å². The molecule has 0 radical (unpaired) electrons. The molecule has 0 saturated carbocycles. The molecule has 2 rings (SSSR count). The Hall–Kier alpha value is -1.68. The maximum atomic E-state index is 11.8. The van der Waals surface area contributed by atoms with E-state index < -0.39 is 0 Å². The highest BCUT2D eigenvalue weighted by molar-refractivity contribution is 14.0. The van der Waals surface area contributed by atoms with Gasteiger partial charge in [-0.05, 0) is 31.0 Å². The number of rotatable bonds is 9. The topological polar surface area (TPSA) is 78.4 Å². The minimum atomic E-state index is -0.0315. The summed E-state index contributed by atoms with van der Waals surface area (Å²) in [5, 5.41) is 10.7. The number of guanidine groups is 1. The van der Waals surface area contributed by atoms with Crippen molar-refractivity contribution in [1.29, 1.82) is 0 Å². The number of aryl methyl sites for hydroxylation is 1. The molecule has 1 amide bonds. The molecule has 0 spiro atoms. The van der Waals surface area contributed by atoms with Gasteiger partial charge in [0.15, 0.2) is 5.96 Å². The van der Waals surface area contributed by atoms with Crippen LogP contribution in [-0.4, -0.2) is 29.9 Å². The second-order valence-corrected chi connectivity index (χ2v) is 7.99. The van der Waals surface area contributed by atoms with Gasteiger partial charge >= 0.3 is 0 Å². The van der Waals surface area contributed by atoms with Crippen molar-refractivity contribution >= 4 is 52.9 Å². The van der Waals surface area contributed by atoms with E-state index in [2.05, 4.69) is 39.8 Å². The molecule has 0 aliphatic carbocycles. The molecule has 1 heterocycles. The summed E-state index contributed by atoms with van der Waals surface area (Å²) in [6, 6.07) is 7.81. The molecule has 1 aromatic heterocycles. The van der Waals surface area contributed by atoms with Gasteiger partial charge in [0.1, 0.15) is 0 Å². The first-order valence-electron chi connectivity index (χ1n) is 9.87. The van der Waals surface area contributed by atoms with Crippen LogP contribution < -0.4 is 16.0 Å². The van der Waals surface area contributed by atoms with Crippen molar-refractivity contribution in [3.8, 4) is 0 Å². The maximum Gasteiger partial charge on any atom is 0.226 e. The molecule has 8 heteroatoms. The zero-order valence-electron chi connectivity index (χ0n) is 17.6. The first-order valence-corrected chi connectivity index (χ1v) is 10.7. The first-order chi connectivity index (χ1) is 13.5. The van der Waals surface area contributed by atoms with E-state index in [0.717, 1.165) is 48.1 Å². The van der Waals surface area contributed by atoms with Gasteiger partial charge in [0.2, 0.25) is 5.91 Å². The van der Waals surface area contributed by atoms with Crippen LogP contribution >= 0.6 is 35.3 Å². The number of carbonyl (C=O) groups excluding carboxylic acids is 1. The third kappa shape index (κ3) is 9.12.